The number of nitrogens with one attached hydrogen (secondary N) is 1. The van der Waals surface area contributed by atoms with Gasteiger partial charge in [0.25, 0.3) is 0 Å². The molecule has 2 aromatic carbocycles. The van der Waals surface area contributed by atoms with E-state index >= 15 is 0 Å². The van der Waals surface area contributed by atoms with Gasteiger partial charge in [0.1, 0.15) is 0 Å². The number of anilines is 1. The number of benzene rings is 2. The predicted molar refractivity (Wildman–Crippen MR) is 92.4 cm³/mol. The molecule has 0 heterocycles. The van der Waals surface area contributed by atoms with E-state index in [1.165, 1.54) is 5.56 Å². The Hall–Kier alpha value is -0.410. The molecule has 0 aliphatic carbocycles. The first-order valence-electron chi connectivity index (χ1n) is 6.11. The average Bonchev–Trinajstić information content (AvgIpc) is 2.39. The van der Waals surface area contributed by atoms with Crippen molar-refractivity contribution in [2.45, 2.75) is 19.4 Å². The first-order chi connectivity index (χ1) is 9.45. The van der Waals surface area contributed by atoms with Gasteiger partial charge in [0.05, 0.1) is 20.8 Å². The summed E-state index contributed by atoms with van der Waals surface area (Å²) in [7, 11) is 0. The quantitative estimate of drug-likeness (QED) is 0.588. The number of halogens is 4. The minimum atomic E-state index is 0.228. The van der Waals surface area contributed by atoms with Gasteiger partial charge in [-0.1, -0.05) is 62.9 Å². The lowest BCUT2D eigenvalue weighted by Gasteiger charge is -2.17. The zero-order valence-electron chi connectivity index (χ0n) is 10.8. The fourth-order valence-electron chi connectivity index (χ4n) is 1.92. The number of hydrogen-bond acceptors (Lipinski definition) is 1. The Kier molecular flexibility index (Phi) is 5.62. The maximum atomic E-state index is 6.16. The van der Waals surface area contributed by atoms with Crippen molar-refractivity contribution in [3.8, 4) is 0 Å². The van der Waals surface area contributed by atoms with Gasteiger partial charge in [-0.3, -0.25) is 0 Å². The van der Waals surface area contributed by atoms with E-state index in [0.717, 1.165) is 16.6 Å². The first-order valence-corrected chi connectivity index (χ1v) is 8.04. The summed E-state index contributed by atoms with van der Waals surface area (Å²) in [5.41, 5.74) is 2.05. The maximum Gasteiger partial charge on any atom is 0.0653 e. The van der Waals surface area contributed by atoms with Gasteiger partial charge in [0, 0.05) is 10.5 Å². The lowest BCUT2D eigenvalue weighted by atomic mass is 10.1. The van der Waals surface area contributed by atoms with E-state index in [1.807, 2.05) is 12.1 Å². The van der Waals surface area contributed by atoms with Crippen LogP contribution in [0.15, 0.2) is 40.9 Å². The smallest absolute Gasteiger partial charge is 0.0653 e. The molecule has 0 saturated heterocycles. The molecule has 0 aliphatic heterocycles. The van der Waals surface area contributed by atoms with E-state index in [4.69, 9.17) is 34.8 Å². The van der Waals surface area contributed by atoms with Crippen LogP contribution in [0.1, 0.15) is 12.5 Å². The summed E-state index contributed by atoms with van der Waals surface area (Å²) in [6, 6.07) is 11.9. The summed E-state index contributed by atoms with van der Waals surface area (Å²) in [4.78, 5) is 0. The molecule has 106 valence electrons. The second-order valence-electron chi connectivity index (χ2n) is 4.62. The minimum Gasteiger partial charge on any atom is -0.381 e. The monoisotopic (exact) mass is 391 g/mol. The highest BCUT2D eigenvalue weighted by Gasteiger charge is 2.09. The Morgan fingerprint density at radius 2 is 1.60 bits per heavy atom. The van der Waals surface area contributed by atoms with Crippen LogP contribution in [0.4, 0.5) is 5.69 Å². The van der Waals surface area contributed by atoms with Crippen LogP contribution >= 0.6 is 50.7 Å². The predicted octanol–water partition coefficient (Wildman–Crippen LogP) is 6.45. The van der Waals surface area contributed by atoms with Gasteiger partial charge >= 0.3 is 0 Å². The van der Waals surface area contributed by atoms with E-state index < -0.39 is 0 Å². The molecule has 0 radical (unpaired) electrons. The molecular formula is C15H13BrCl3N. The summed E-state index contributed by atoms with van der Waals surface area (Å²) >= 11 is 21.5. The highest BCUT2D eigenvalue weighted by atomic mass is 79.9. The fourth-order valence-corrected chi connectivity index (χ4v) is 2.79. The normalized spacial score (nSPS) is 12.2. The molecule has 0 fully saturated rings. The van der Waals surface area contributed by atoms with E-state index in [0.29, 0.717) is 15.1 Å². The summed E-state index contributed by atoms with van der Waals surface area (Å²) < 4.78 is 1.08. The van der Waals surface area contributed by atoms with Gasteiger partial charge in [-0.15, -0.1) is 0 Å². The average molecular weight is 394 g/mol. The summed E-state index contributed by atoms with van der Waals surface area (Å²) in [5.74, 6) is 0. The van der Waals surface area contributed by atoms with Crippen LogP contribution in [-0.2, 0) is 6.42 Å². The van der Waals surface area contributed by atoms with Crippen LogP contribution in [0, 0.1) is 0 Å². The summed E-state index contributed by atoms with van der Waals surface area (Å²) in [5, 5.41) is 4.88. The molecule has 0 aromatic heterocycles. The molecular weight excluding hydrogens is 380 g/mol. The third-order valence-corrected chi connectivity index (χ3v) is 4.43. The third kappa shape index (κ3) is 4.29. The highest BCUT2D eigenvalue weighted by Crippen LogP contribution is 2.32. The second-order valence-corrected chi connectivity index (χ2v) is 6.76. The van der Waals surface area contributed by atoms with E-state index in [9.17, 15) is 0 Å². The Bertz CT molecular complexity index is 599. The maximum absolute atomic E-state index is 6.16. The zero-order chi connectivity index (χ0) is 14.7. The van der Waals surface area contributed by atoms with Crippen molar-refractivity contribution < 1.29 is 0 Å². The largest absolute Gasteiger partial charge is 0.381 e. The summed E-state index contributed by atoms with van der Waals surface area (Å²) in [6.45, 7) is 2.10. The van der Waals surface area contributed by atoms with Crippen LogP contribution in [-0.4, -0.2) is 6.04 Å². The molecule has 1 unspecified atom stereocenters. The van der Waals surface area contributed by atoms with E-state index in [1.54, 1.807) is 12.1 Å². The Labute approximate surface area is 142 Å². The van der Waals surface area contributed by atoms with Gasteiger partial charge in [-0.05, 0) is 43.2 Å². The molecule has 1 nitrogen and oxygen atoms in total. The lowest BCUT2D eigenvalue weighted by Crippen LogP contribution is -2.18. The molecule has 20 heavy (non-hydrogen) atoms. The SMILES string of the molecule is CC(Cc1ccc(Br)cc1)Nc1cc(Cl)c(Cl)cc1Cl. The van der Waals surface area contributed by atoms with Crippen molar-refractivity contribution in [1.29, 1.82) is 0 Å². The molecule has 0 saturated carbocycles. The molecule has 1 N–H and O–H groups in total. The van der Waals surface area contributed by atoms with Crippen LogP contribution in [0.5, 0.6) is 0 Å². The third-order valence-electron chi connectivity index (χ3n) is 2.87. The lowest BCUT2D eigenvalue weighted by molar-refractivity contribution is 0.790. The zero-order valence-corrected chi connectivity index (χ0v) is 14.6. The van der Waals surface area contributed by atoms with Crippen LogP contribution in [0.2, 0.25) is 15.1 Å². The van der Waals surface area contributed by atoms with Crippen molar-refractivity contribution in [1.82, 2.24) is 0 Å². The molecule has 5 heteroatoms. The molecule has 0 bridgehead atoms. The summed E-state index contributed by atoms with van der Waals surface area (Å²) in [6.07, 6.45) is 0.893. The van der Waals surface area contributed by atoms with Crippen LogP contribution < -0.4 is 5.32 Å². The van der Waals surface area contributed by atoms with Gasteiger partial charge in [0.15, 0.2) is 0 Å². The van der Waals surface area contributed by atoms with Gasteiger partial charge in [-0.2, -0.15) is 0 Å². The van der Waals surface area contributed by atoms with Gasteiger partial charge in [0.2, 0.25) is 0 Å². The number of hydrogen-bond donors (Lipinski definition) is 1. The molecule has 2 rings (SSSR count). The van der Waals surface area contributed by atoms with Crippen molar-refractivity contribution in [3.63, 3.8) is 0 Å². The Morgan fingerprint density at radius 3 is 2.25 bits per heavy atom. The van der Waals surface area contributed by atoms with Crippen molar-refractivity contribution in [2.24, 2.45) is 0 Å². The Balaban J connectivity index is 2.06. The molecule has 1 atom stereocenters. The molecule has 2 aromatic rings. The molecule has 0 spiro atoms. The van der Waals surface area contributed by atoms with E-state index in [2.05, 4.69) is 40.3 Å². The minimum absolute atomic E-state index is 0.228. The second kappa shape index (κ2) is 7.04. The van der Waals surface area contributed by atoms with Crippen molar-refractivity contribution >= 4 is 56.4 Å². The van der Waals surface area contributed by atoms with Gasteiger partial charge < -0.3 is 5.32 Å². The topological polar surface area (TPSA) is 12.0 Å². The standard InChI is InChI=1S/C15H13BrCl3N/c1-9(6-10-2-4-11(16)5-3-10)20-15-8-13(18)12(17)7-14(15)19/h2-5,7-9,20H,6H2,1H3. The number of rotatable bonds is 4. The molecule has 0 amide bonds. The van der Waals surface area contributed by atoms with Crippen LogP contribution in [0.3, 0.4) is 0 Å². The van der Waals surface area contributed by atoms with Crippen molar-refractivity contribution in [2.75, 3.05) is 5.32 Å². The van der Waals surface area contributed by atoms with E-state index in [-0.39, 0.29) is 6.04 Å². The highest BCUT2D eigenvalue weighted by molar-refractivity contribution is 9.10. The molecule has 0 aliphatic rings. The van der Waals surface area contributed by atoms with Gasteiger partial charge in [-0.25, -0.2) is 0 Å². The first kappa shape index (κ1) is 16.0. The Morgan fingerprint density at radius 1 is 1.00 bits per heavy atom. The van der Waals surface area contributed by atoms with Crippen molar-refractivity contribution in [3.05, 3.63) is 61.5 Å². The van der Waals surface area contributed by atoms with Crippen LogP contribution in [0.25, 0.3) is 0 Å². The fraction of sp³-hybridized carbons (Fsp3) is 0.200.